The van der Waals surface area contributed by atoms with Gasteiger partial charge in [0.1, 0.15) is 11.2 Å². The highest BCUT2D eigenvalue weighted by molar-refractivity contribution is 6.29. The van der Waals surface area contributed by atoms with E-state index >= 15 is 0 Å². The summed E-state index contributed by atoms with van der Waals surface area (Å²) >= 11 is 0. The molecular formula is C50H30N4O. The number of furan rings is 1. The molecule has 0 saturated heterocycles. The Kier molecular flexibility index (Phi) is 6.27. The van der Waals surface area contributed by atoms with Crippen LogP contribution >= 0.6 is 0 Å². The summed E-state index contributed by atoms with van der Waals surface area (Å²) in [6, 6.07) is 64.2. The van der Waals surface area contributed by atoms with Crippen molar-refractivity contribution >= 4 is 76.5 Å². The third kappa shape index (κ3) is 4.41. The Labute approximate surface area is 315 Å². The summed E-state index contributed by atoms with van der Waals surface area (Å²) in [5.74, 6) is 0.628. The number of aromatic nitrogens is 4. The minimum atomic E-state index is 0.628. The van der Waals surface area contributed by atoms with Crippen molar-refractivity contribution in [2.75, 3.05) is 0 Å². The van der Waals surface area contributed by atoms with E-state index in [1.165, 1.54) is 27.3 Å². The molecule has 5 heteroatoms. The first-order chi connectivity index (χ1) is 27.3. The summed E-state index contributed by atoms with van der Waals surface area (Å²) < 4.78 is 11.0. The molecule has 0 atom stereocenters. The van der Waals surface area contributed by atoms with Gasteiger partial charge in [-0.15, -0.1) is 0 Å². The Balaban J connectivity index is 1.13. The van der Waals surface area contributed by atoms with Crippen LogP contribution in [0.2, 0.25) is 0 Å². The maximum Gasteiger partial charge on any atom is 0.235 e. The third-order valence-corrected chi connectivity index (χ3v) is 11.1. The van der Waals surface area contributed by atoms with E-state index in [0.717, 1.165) is 77.2 Å². The molecule has 0 radical (unpaired) electrons. The maximum absolute atomic E-state index is 6.33. The van der Waals surface area contributed by atoms with E-state index in [2.05, 4.69) is 173 Å². The lowest BCUT2D eigenvalue weighted by Crippen LogP contribution is -2.03. The van der Waals surface area contributed by atoms with Crippen LogP contribution in [0.1, 0.15) is 0 Å². The van der Waals surface area contributed by atoms with Crippen LogP contribution in [-0.4, -0.2) is 19.1 Å². The second kappa shape index (κ2) is 11.5. The Morgan fingerprint density at radius 2 is 0.982 bits per heavy atom. The van der Waals surface area contributed by atoms with E-state index in [1.54, 1.807) is 0 Å². The van der Waals surface area contributed by atoms with Gasteiger partial charge >= 0.3 is 0 Å². The van der Waals surface area contributed by atoms with Gasteiger partial charge < -0.3 is 8.98 Å². The number of benzene rings is 8. The van der Waals surface area contributed by atoms with Gasteiger partial charge in [0.2, 0.25) is 5.95 Å². The molecule has 0 spiro atoms. The fourth-order valence-corrected chi connectivity index (χ4v) is 8.72. The fraction of sp³-hybridized carbons (Fsp3) is 0. The predicted molar refractivity (Wildman–Crippen MR) is 226 cm³/mol. The zero-order valence-corrected chi connectivity index (χ0v) is 29.5. The van der Waals surface area contributed by atoms with Crippen LogP contribution in [0.5, 0.6) is 0 Å². The van der Waals surface area contributed by atoms with Crippen LogP contribution in [0, 0.1) is 0 Å². The molecule has 0 N–H and O–H groups in total. The predicted octanol–water partition coefficient (Wildman–Crippen LogP) is 13.1. The highest BCUT2D eigenvalue weighted by Crippen LogP contribution is 2.43. The summed E-state index contributed by atoms with van der Waals surface area (Å²) in [6.45, 7) is 0. The van der Waals surface area contributed by atoms with Gasteiger partial charge in [0, 0.05) is 49.0 Å². The molecule has 5 nitrogen and oxygen atoms in total. The molecule has 0 fully saturated rings. The average Bonchev–Trinajstić information content (AvgIpc) is 3.91. The lowest BCUT2D eigenvalue weighted by Gasteiger charge is -2.12. The number of fused-ring (bicyclic) bond motifs is 11. The molecule has 12 rings (SSSR count). The maximum atomic E-state index is 6.33. The van der Waals surface area contributed by atoms with Gasteiger partial charge in [-0.2, -0.15) is 0 Å². The van der Waals surface area contributed by atoms with E-state index in [9.17, 15) is 0 Å². The van der Waals surface area contributed by atoms with Crippen LogP contribution < -0.4 is 0 Å². The van der Waals surface area contributed by atoms with Crippen molar-refractivity contribution in [3.8, 4) is 34.0 Å². The number of hydrogen-bond acceptors (Lipinski definition) is 3. The van der Waals surface area contributed by atoms with Crippen molar-refractivity contribution in [2.45, 2.75) is 0 Å². The zero-order chi connectivity index (χ0) is 36.0. The molecule has 256 valence electrons. The minimum absolute atomic E-state index is 0.628. The van der Waals surface area contributed by atoms with Crippen molar-refractivity contribution in [3.05, 3.63) is 182 Å². The smallest absolute Gasteiger partial charge is 0.235 e. The highest BCUT2D eigenvalue weighted by atomic mass is 16.3. The normalized spacial score (nSPS) is 12.0. The van der Waals surface area contributed by atoms with Gasteiger partial charge in [0.25, 0.3) is 0 Å². The van der Waals surface area contributed by atoms with Gasteiger partial charge in [0.05, 0.1) is 33.3 Å². The van der Waals surface area contributed by atoms with E-state index in [1.807, 2.05) is 18.2 Å². The topological polar surface area (TPSA) is 48.8 Å². The number of para-hydroxylation sites is 4. The molecule has 0 amide bonds. The Hall–Kier alpha value is -7.50. The molecule has 4 heterocycles. The van der Waals surface area contributed by atoms with Crippen LogP contribution in [0.15, 0.2) is 186 Å². The van der Waals surface area contributed by atoms with E-state index in [4.69, 9.17) is 14.4 Å². The molecular weight excluding hydrogens is 673 g/mol. The molecule has 55 heavy (non-hydrogen) atoms. The van der Waals surface area contributed by atoms with Gasteiger partial charge in [-0.25, -0.2) is 9.97 Å². The molecule has 0 aliphatic heterocycles. The molecule has 0 aliphatic carbocycles. The number of nitrogens with zero attached hydrogens (tertiary/aromatic N) is 4. The second-order valence-corrected chi connectivity index (χ2v) is 14.2. The summed E-state index contributed by atoms with van der Waals surface area (Å²) in [4.78, 5) is 10.7. The quantitative estimate of drug-likeness (QED) is 0.183. The van der Waals surface area contributed by atoms with Crippen LogP contribution in [0.3, 0.4) is 0 Å². The fourth-order valence-electron chi connectivity index (χ4n) is 8.72. The number of hydrogen-bond donors (Lipinski definition) is 0. The van der Waals surface area contributed by atoms with Gasteiger partial charge in [-0.3, -0.25) is 4.57 Å². The summed E-state index contributed by atoms with van der Waals surface area (Å²) in [7, 11) is 0. The molecule has 12 aromatic rings. The van der Waals surface area contributed by atoms with E-state index < -0.39 is 0 Å². The Morgan fingerprint density at radius 1 is 0.364 bits per heavy atom. The van der Waals surface area contributed by atoms with Crippen molar-refractivity contribution in [2.24, 2.45) is 0 Å². The second-order valence-electron chi connectivity index (χ2n) is 14.2. The SMILES string of the molecule is c1ccc(-c2cccc(-n3c4ccccc4c4c5c6ccccc6n(-c6nc(-c7ccc8c(c7)oc7ccccc78)c7ccccc7n6)c5ccc43)c2)cc1. The average molecular weight is 703 g/mol. The zero-order valence-electron chi connectivity index (χ0n) is 29.5. The number of rotatable bonds is 4. The third-order valence-electron chi connectivity index (χ3n) is 11.1. The molecule has 0 unspecified atom stereocenters. The van der Waals surface area contributed by atoms with Gasteiger partial charge in [0.15, 0.2) is 0 Å². The summed E-state index contributed by atoms with van der Waals surface area (Å²) in [6.07, 6.45) is 0. The van der Waals surface area contributed by atoms with E-state index in [-0.39, 0.29) is 0 Å². The molecule has 0 bridgehead atoms. The summed E-state index contributed by atoms with van der Waals surface area (Å²) in [5, 5.41) is 7.95. The minimum Gasteiger partial charge on any atom is -0.456 e. The standard InChI is InChI=1S/C50H30N4O/c1-2-13-31(14-3-1)32-15-12-16-34(29-32)53-41-22-9-5-19-38(41)47-43(53)27-28-44-48(47)39-20-6-10-23-42(39)54(44)50-51-40-21-8-4-18-37(40)49(52-50)33-25-26-36-35-17-7-11-24-45(35)55-46(36)30-33/h1-30H. The Morgan fingerprint density at radius 3 is 1.78 bits per heavy atom. The molecule has 4 aromatic heterocycles. The van der Waals surface area contributed by atoms with Gasteiger partial charge in [-0.05, 0) is 71.8 Å². The monoisotopic (exact) mass is 702 g/mol. The van der Waals surface area contributed by atoms with Crippen LogP contribution in [0.4, 0.5) is 0 Å². The van der Waals surface area contributed by atoms with Crippen LogP contribution in [-0.2, 0) is 0 Å². The first kappa shape index (κ1) is 30.0. The first-order valence-corrected chi connectivity index (χ1v) is 18.6. The highest BCUT2D eigenvalue weighted by Gasteiger charge is 2.22. The molecule has 0 saturated carbocycles. The van der Waals surface area contributed by atoms with E-state index in [0.29, 0.717) is 5.95 Å². The van der Waals surface area contributed by atoms with Gasteiger partial charge in [-0.1, -0.05) is 121 Å². The Bertz CT molecular complexity index is 3500. The van der Waals surface area contributed by atoms with Crippen molar-refractivity contribution < 1.29 is 4.42 Å². The summed E-state index contributed by atoms with van der Waals surface area (Å²) in [5.41, 5.74) is 12.4. The molecule has 0 aliphatic rings. The first-order valence-electron chi connectivity index (χ1n) is 18.6. The van der Waals surface area contributed by atoms with Crippen LogP contribution in [0.25, 0.3) is 110 Å². The largest absolute Gasteiger partial charge is 0.456 e. The van der Waals surface area contributed by atoms with Crippen molar-refractivity contribution in [3.63, 3.8) is 0 Å². The van der Waals surface area contributed by atoms with Crippen molar-refractivity contribution in [1.29, 1.82) is 0 Å². The van der Waals surface area contributed by atoms with Crippen molar-refractivity contribution in [1.82, 2.24) is 19.1 Å². The lowest BCUT2D eigenvalue weighted by atomic mass is 10.0. The lowest BCUT2D eigenvalue weighted by molar-refractivity contribution is 0.669. The molecule has 8 aromatic carbocycles.